The smallest absolute Gasteiger partial charge is 0.342 e. The van der Waals surface area contributed by atoms with E-state index in [0.717, 1.165) is 69.0 Å². The highest BCUT2D eigenvalue weighted by Gasteiger charge is 2.43. The minimum atomic E-state index is -3.96. The minimum absolute atomic E-state index is 0.0179. The summed E-state index contributed by atoms with van der Waals surface area (Å²) in [5, 5.41) is 16.5. The van der Waals surface area contributed by atoms with Gasteiger partial charge in [-0.25, -0.2) is 22.8 Å². The van der Waals surface area contributed by atoms with Gasteiger partial charge in [0.25, 0.3) is 10.0 Å². The highest BCUT2D eigenvalue weighted by Crippen LogP contribution is 2.43. The fourth-order valence-corrected chi connectivity index (χ4v) is 5.94. The maximum absolute atomic E-state index is 13.6. The molecule has 0 aromatic heterocycles. The van der Waals surface area contributed by atoms with Gasteiger partial charge >= 0.3 is 5.97 Å². The molecule has 0 spiro atoms. The zero-order valence-corrected chi connectivity index (χ0v) is 23.4. The molecule has 1 aromatic carbocycles. The summed E-state index contributed by atoms with van der Waals surface area (Å²) in [4.78, 5) is 17.6. The van der Waals surface area contributed by atoms with E-state index in [1.54, 1.807) is 7.05 Å². The van der Waals surface area contributed by atoms with Crippen molar-refractivity contribution in [3.63, 3.8) is 0 Å². The van der Waals surface area contributed by atoms with Crippen molar-refractivity contribution >= 4 is 33.6 Å². The zero-order chi connectivity index (χ0) is 27.3. The van der Waals surface area contributed by atoms with Crippen molar-refractivity contribution in [2.75, 3.05) is 7.05 Å². The zero-order valence-electron chi connectivity index (χ0n) is 22.6. The molecule has 2 heterocycles. The summed E-state index contributed by atoms with van der Waals surface area (Å²) in [5.74, 6) is -0.429. The normalized spacial score (nSPS) is 21.3. The first-order valence-corrected chi connectivity index (χ1v) is 15.0. The summed E-state index contributed by atoms with van der Waals surface area (Å²) >= 11 is 0. The molecule has 0 amide bonds. The van der Waals surface area contributed by atoms with Crippen molar-refractivity contribution in [3.8, 4) is 0 Å². The summed E-state index contributed by atoms with van der Waals surface area (Å²) in [7, 11) is -2.16. The monoisotopic (exact) mass is 532 g/mol. The van der Waals surface area contributed by atoms with E-state index in [4.69, 9.17) is 9.88 Å². The molecule has 2 aliphatic heterocycles. The summed E-state index contributed by atoms with van der Waals surface area (Å²) in [6.07, 6.45) is 12.3. The van der Waals surface area contributed by atoms with Crippen LogP contribution < -0.4 is 9.62 Å². The molecule has 2 aliphatic rings. The molecule has 8 nitrogen and oxygen atoms in total. The molecule has 1 atom stereocenters. The van der Waals surface area contributed by atoms with Crippen LogP contribution in [0, 0.1) is 0 Å². The lowest BCUT2D eigenvalue weighted by Crippen LogP contribution is -2.40. The predicted molar refractivity (Wildman–Crippen MR) is 149 cm³/mol. The number of aliphatic hydroxyl groups is 1. The van der Waals surface area contributed by atoms with Crippen molar-refractivity contribution in [2.45, 2.75) is 97.0 Å². The van der Waals surface area contributed by atoms with Gasteiger partial charge in [0.15, 0.2) is 0 Å². The Balaban J connectivity index is 2.07. The van der Waals surface area contributed by atoms with Gasteiger partial charge < -0.3 is 9.84 Å². The molecule has 1 unspecified atom stereocenters. The molecule has 0 aliphatic carbocycles. The van der Waals surface area contributed by atoms with Crippen LogP contribution in [0.1, 0.15) is 96.1 Å². The first kappa shape index (κ1) is 29.1. The molecule has 0 bridgehead atoms. The third-order valence-corrected chi connectivity index (χ3v) is 8.09. The SMILES string of the molecule is CCCCCC1(CCCCC)CC(O)=C(c2cccc([N+]3(C)C=NC(S(N)(=O)=O)=C3)c2CCC)C(=O)O1. The number of sulfonamides is 1. The van der Waals surface area contributed by atoms with Crippen molar-refractivity contribution < 1.29 is 23.1 Å². The lowest BCUT2D eigenvalue weighted by Gasteiger charge is -2.38. The molecular formula is C28H42N3O5S+. The van der Waals surface area contributed by atoms with Crippen LogP contribution in [0.15, 0.2) is 40.2 Å². The molecule has 1 aromatic rings. The quantitative estimate of drug-likeness (QED) is 0.188. The maximum Gasteiger partial charge on any atom is 0.342 e. The summed E-state index contributed by atoms with van der Waals surface area (Å²) in [6, 6.07) is 5.52. The number of ether oxygens (including phenoxy) is 1. The molecule has 37 heavy (non-hydrogen) atoms. The Kier molecular flexibility index (Phi) is 9.37. The number of cyclic esters (lactones) is 1. The molecule has 0 radical (unpaired) electrons. The van der Waals surface area contributed by atoms with Gasteiger partial charge in [0, 0.05) is 23.6 Å². The van der Waals surface area contributed by atoms with Gasteiger partial charge in [-0.1, -0.05) is 65.0 Å². The van der Waals surface area contributed by atoms with E-state index >= 15 is 0 Å². The first-order chi connectivity index (χ1) is 17.5. The average Bonchev–Trinajstić information content (AvgIpc) is 3.24. The van der Waals surface area contributed by atoms with Gasteiger partial charge in [-0.2, -0.15) is 4.99 Å². The molecule has 204 valence electrons. The molecule has 0 saturated carbocycles. The largest absolute Gasteiger partial charge is 0.511 e. The lowest BCUT2D eigenvalue weighted by molar-refractivity contribution is -0.157. The first-order valence-electron chi connectivity index (χ1n) is 13.4. The Morgan fingerprint density at radius 2 is 1.73 bits per heavy atom. The van der Waals surface area contributed by atoms with E-state index in [0.29, 0.717) is 18.4 Å². The third kappa shape index (κ3) is 6.51. The Morgan fingerprint density at radius 1 is 1.08 bits per heavy atom. The van der Waals surface area contributed by atoms with Gasteiger partial charge in [-0.05, 0) is 32.1 Å². The van der Waals surface area contributed by atoms with Crippen molar-refractivity contribution in [1.29, 1.82) is 0 Å². The van der Waals surface area contributed by atoms with Crippen LogP contribution in [-0.4, -0.2) is 38.5 Å². The lowest BCUT2D eigenvalue weighted by atomic mass is 9.82. The summed E-state index contributed by atoms with van der Waals surface area (Å²) < 4.78 is 30.0. The van der Waals surface area contributed by atoms with E-state index in [1.807, 2.05) is 25.1 Å². The molecular weight excluding hydrogens is 490 g/mol. The number of hydrogen-bond acceptors (Lipinski definition) is 6. The number of carbonyl (C=O) groups excluding carboxylic acids is 1. The average molecular weight is 533 g/mol. The number of nitrogens with two attached hydrogens (primary N) is 1. The third-order valence-electron chi connectivity index (χ3n) is 7.30. The fraction of sp³-hybridized carbons (Fsp3) is 0.571. The summed E-state index contributed by atoms with van der Waals surface area (Å²) in [5.41, 5.74) is 1.74. The number of unbranched alkanes of at least 4 members (excludes halogenated alkanes) is 4. The Bertz CT molecular complexity index is 1190. The van der Waals surface area contributed by atoms with E-state index in [9.17, 15) is 18.3 Å². The van der Waals surface area contributed by atoms with Crippen LogP contribution in [-0.2, 0) is 26.0 Å². The van der Waals surface area contributed by atoms with E-state index in [-0.39, 0.29) is 20.8 Å². The highest BCUT2D eigenvalue weighted by molar-refractivity contribution is 7.93. The Morgan fingerprint density at radius 3 is 2.24 bits per heavy atom. The van der Waals surface area contributed by atoms with Gasteiger partial charge in [0.05, 0.1) is 7.05 Å². The van der Waals surface area contributed by atoms with Gasteiger partial charge in [-0.15, -0.1) is 0 Å². The Labute approximate surface area is 221 Å². The van der Waals surface area contributed by atoms with E-state index < -0.39 is 21.6 Å². The second-order valence-corrected chi connectivity index (χ2v) is 12.0. The fourth-order valence-electron chi connectivity index (χ4n) is 5.38. The number of quaternary nitrogens is 1. The second-order valence-electron chi connectivity index (χ2n) is 10.4. The van der Waals surface area contributed by atoms with Crippen LogP contribution in [0.3, 0.4) is 0 Å². The molecule has 3 N–H and O–H groups in total. The van der Waals surface area contributed by atoms with Crippen molar-refractivity contribution in [1.82, 2.24) is 4.48 Å². The second kappa shape index (κ2) is 11.9. The number of hydrogen-bond donors (Lipinski definition) is 2. The van der Waals surface area contributed by atoms with E-state index in [2.05, 4.69) is 18.8 Å². The van der Waals surface area contributed by atoms with Crippen LogP contribution in [0.25, 0.3) is 5.57 Å². The molecule has 0 fully saturated rings. The van der Waals surface area contributed by atoms with Crippen LogP contribution in [0.4, 0.5) is 5.69 Å². The van der Waals surface area contributed by atoms with Crippen LogP contribution >= 0.6 is 0 Å². The number of primary sulfonamides is 1. The predicted octanol–water partition coefficient (Wildman–Crippen LogP) is 5.82. The number of nitrogens with zero attached hydrogens (tertiary/aromatic N) is 2. The molecule has 3 rings (SSSR count). The van der Waals surface area contributed by atoms with Gasteiger partial charge in [0.1, 0.15) is 28.8 Å². The number of aliphatic imine (C=N–C) groups is 1. The molecule has 0 saturated heterocycles. The number of rotatable bonds is 13. The number of carbonyl (C=O) groups is 1. The highest BCUT2D eigenvalue weighted by atomic mass is 32.2. The van der Waals surface area contributed by atoms with Gasteiger partial charge in [0.2, 0.25) is 11.4 Å². The standard InChI is InChI=1S/C28H41N3O5S/c1-5-8-10-16-28(17-11-9-6-2)18-24(32)26(27(33)36-28)22-14-12-15-23(21(22)13-7-3)31(4)19-25(30-20-31)37(29,34)35/h12,14-15,19-20H,5-11,13,16-18H2,1-4H3,(H2-,29,32,33,34,35)/p+1. The number of esters is 1. The topological polar surface area (TPSA) is 119 Å². The molecule has 9 heteroatoms. The summed E-state index contributed by atoms with van der Waals surface area (Å²) in [6.45, 7) is 6.32. The van der Waals surface area contributed by atoms with Crippen LogP contribution in [0.2, 0.25) is 0 Å². The number of aliphatic hydroxyl groups excluding tert-OH is 1. The van der Waals surface area contributed by atoms with Crippen LogP contribution in [0.5, 0.6) is 0 Å². The number of benzene rings is 1. The van der Waals surface area contributed by atoms with Crippen molar-refractivity contribution in [2.24, 2.45) is 10.1 Å². The van der Waals surface area contributed by atoms with E-state index in [1.165, 1.54) is 12.5 Å². The maximum atomic E-state index is 13.6. The van der Waals surface area contributed by atoms with Gasteiger partial charge in [-0.3, -0.25) is 0 Å². The van der Waals surface area contributed by atoms with Crippen molar-refractivity contribution in [3.05, 3.63) is 46.3 Å². The minimum Gasteiger partial charge on any atom is -0.511 e. The Hall–Kier alpha value is -2.49.